The topological polar surface area (TPSA) is 52.4 Å². The molecule has 0 aromatic heterocycles. The second kappa shape index (κ2) is 3.76. The minimum atomic E-state index is -0.793. The van der Waals surface area contributed by atoms with Crippen molar-refractivity contribution in [1.29, 1.82) is 0 Å². The van der Waals surface area contributed by atoms with Gasteiger partial charge in [-0.15, -0.1) is 21.7 Å². The average molecular weight is 192 g/mol. The Labute approximate surface area is 75.3 Å². The Bertz CT molecular complexity index is 205. The van der Waals surface area contributed by atoms with Crippen molar-refractivity contribution < 1.29 is 9.92 Å². The maximum absolute atomic E-state index is 10.0. The van der Waals surface area contributed by atoms with Gasteiger partial charge in [0.2, 0.25) is 0 Å². The first-order valence-electron chi connectivity index (χ1n) is 3.71. The predicted molar refractivity (Wildman–Crippen MR) is 44.5 cm³/mol. The van der Waals surface area contributed by atoms with Crippen LogP contribution in [0, 0.1) is 10.1 Å². The number of rotatable bonds is 2. The highest BCUT2D eigenvalue weighted by molar-refractivity contribution is 6.21. The molecule has 5 heteroatoms. The van der Waals surface area contributed by atoms with Gasteiger partial charge in [-0.05, 0) is 19.3 Å². The van der Waals surface area contributed by atoms with Crippen molar-refractivity contribution in [3.63, 3.8) is 0 Å². The number of hydrogen-bond donors (Lipinski definition) is 0. The smallest absolute Gasteiger partial charge is 0.294 e. The molecule has 0 aliphatic heterocycles. The molecule has 0 spiro atoms. The fourth-order valence-corrected chi connectivity index (χ4v) is 1.50. The second-order valence-electron chi connectivity index (χ2n) is 2.88. The van der Waals surface area contributed by atoms with Crippen LogP contribution in [0.4, 0.5) is 0 Å². The monoisotopic (exact) mass is 191 g/mol. The van der Waals surface area contributed by atoms with Crippen molar-refractivity contribution in [3.8, 4) is 0 Å². The van der Waals surface area contributed by atoms with Gasteiger partial charge in [0.05, 0.1) is 5.38 Å². The number of alkyl halides is 1. The van der Waals surface area contributed by atoms with E-state index in [0.29, 0.717) is 12.8 Å². The zero-order valence-electron chi connectivity index (χ0n) is 6.53. The van der Waals surface area contributed by atoms with Crippen molar-refractivity contribution in [2.45, 2.75) is 30.7 Å². The summed E-state index contributed by atoms with van der Waals surface area (Å²) >= 11 is 5.82. The van der Waals surface area contributed by atoms with E-state index in [1.165, 1.54) is 0 Å². The predicted octanol–water partition coefficient (Wildman–Crippen LogP) is 1.91. The maximum atomic E-state index is 10.0. The van der Waals surface area contributed by atoms with Gasteiger partial charge in [0, 0.05) is 0 Å². The molecular formula is C7H10ClNO3. The Hall–Kier alpha value is -0.770. The van der Waals surface area contributed by atoms with Gasteiger partial charge >= 0.3 is 0 Å². The van der Waals surface area contributed by atoms with Gasteiger partial charge in [0.1, 0.15) is 6.10 Å². The average Bonchev–Trinajstić information content (AvgIpc) is 1.96. The highest BCUT2D eigenvalue weighted by Crippen LogP contribution is 2.28. The van der Waals surface area contributed by atoms with E-state index in [4.69, 9.17) is 11.6 Å². The third-order valence-corrected chi connectivity index (χ3v) is 2.39. The first kappa shape index (κ1) is 9.32. The Morgan fingerprint density at radius 2 is 2.42 bits per heavy atom. The molecule has 12 heavy (non-hydrogen) atoms. The molecule has 1 fully saturated rings. The third-order valence-electron chi connectivity index (χ3n) is 1.89. The summed E-state index contributed by atoms with van der Waals surface area (Å²) in [7, 11) is 0. The molecule has 0 aromatic rings. The lowest BCUT2D eigenvalue weighted by Crippen LogP contribution is -2.31. The number of hydrogen-bond acceptors (Lipinski definition) is 3. The van der Waals surface area contributed by atoms with E-state index in [1.807, 2.05) is 0 Å². The molecular weight excluding hydrogens is 182 g/mol. The van der Waals surface area contributed by atoms with Crippen LogP contribution in [-0.4, -0.2) is 16.6 Å². The van der Waals surface area contributed by atoms with Crippen LogP contribution in [-0.2, 0) is 4.84 Å². The van der Waals surface area contributed by atoms with Crippen molar-refractivity contribution in [2.75, 3.05) is 0 Å². The van der Waals surface area contributed by atoms with Gasteiger partial charge in [-0.1, -0.05) is 12.2 Å². The van der Waals surface area contributed by atoms with Gasteiger partial charge in [0.15, 0.2) is 0 Å². The lowest BCUT2D eigenvalue weighted by Gasteiger charge is -2.26. The van der Waals surface area contributed by atoms with Crippen LogP contribution in [0.2, 0.25) is 0 Å². The molecule has 4 nitrogen and oxygen atoms in total. The summed E-state index contributed by atoms with van der Waals surface area (Å²) < 4.78 is 0. The third kappa shape index (κ3) is 2.37. The molecule has 1 rings (SSSR count). The quantitative estimate of drug-likeness (QED) is 0.290. The van der Waals surface area contributed by atoms with E-state index in [-0.39, 0.29) is 5.38 Å². The number of halogens is 1. The first-order chi connectivity index (χ1) is 5.59. The fourth-order valence-electron chi connectivity index (χ4n) is 1.26. The summed E-state index contributed by atoms with van der Waals surface area (Å²) in [5.41, 5.74) is 0.971. The molecule has 1 saturated carbocycles. The molecule has 2 atom stereocenters. The molecule has 0 amide bonds. The van der Waals surface area contributed by atoms with Crippen molar-refractivity contribution in [2.24, 2.45) is 0 Å². The van der Waals surface area contributed by atoms with Crippen LogP contribution in [0.1, 0.15) is 19.3 Å². The SMILES string of the molecule is C=C1CCC(Cl)C(O[N+](=O)[O-])C1. The van der Waals surface area contributed by atoms with Gasteiger partial charge in [0.25, 0.3) is 5.09 Å². The summed E-state index contributed by atoms with van der Waals surface area (Å²) in [6.45, 7) is 3.74. The van der Waals surface area contributed by atoms with Crippen molar-refractivity contribution in [1.82, 2.24) is 0 Å². The summed E-state index contributed by atoms with van der Waals surface area (Å²) in [4.78, 5) is 14.4. The minimum Gasteiger partial charge on any atom is -0.309 e. The summed E-state index contributed by atoms with van der Waals surface area (Å²) in [5.74, 6) is 0. The van der Waals surface area contributed by atoms with E-state index in [1.54, 1.807) is 0 Å². The zero-order chi connectivity index (χ0) is 9.14. The molecule has 2 unspecified atom stereocenters. The first-order valence-corrected chi connectivity index (χ1v) is 4.15. The molecule has 0 N–H and O–H groups in total. The lowest BCUT2D eigenvalue weighted by atomic mass is 9.93. The Morgan fingerprint density at radius 3 is 3.00 bits per heavy atom. The van der Waals surface area contributed by atoms with Gasteiger partial charge < -0.3 is 4.84 Å². The Balaban J connectivity index is 2.49. The fraction of sp³-hybridized carbons (Fsp3) is 0.714. The van der Waals surface area contributed by atoms with E-state index in [0.717, 1.165) is 12.0 Å². The normalized spacial score (nSPS) is 29.9. The van der Waals surface area contributed by atoms with E-state index >= 15 is 0 Å². The van der Waals surface area contributed by atoms with E-state index in [9.17, 15) is 10.1 Å². The lowest BCUT2D eigenvalue weighted by molar-refractivity contribution is -0.768. The van der Waals surface area contributed by atoms with Gasteiger partial charge in [-0.3, -0.25) is 0 Å². The highest BCUT2D eigenvalue weighted by atomic mass is 35.5. The zero-order valence-corrected chi connectivity index (χ0v) is 7.29. The second-order valence-corrected chi connectivity index (χ2v) is 3.44. The molecule has 1 aliphatic carbocycles. The molecule has 0 aromatic carbocycles. The van der Waals surface area contributed by atoms with E-state index in [2.05, 4.69) is 11.4 Å². The maximum Gasteiger partial charge on any atom is 0.294 e. The molecule has 0 radical (unpaired) electrons. The van der Waals surface area contributed by atoms with Crippen molar-refractivity contribution in [3.05, 3.63) is 22.3 Å². The Kier molecular flexibility index (Phi) is 2.92. The van der Waals surface area contributed by atoms with Crippen LogP contribution in [0.15, 0.2) is 12.2 Å². The van der Waals surface area contributed by atoms with Crippen LogP contribution < -0.4 is 0 Å². The molecule has 68 valence electrons. The number of nitrogens with zero attached hydrogens (tertiary/aromatic N) is 1. The van der Waals surface area contributed by atoms with Crippen LogP contribution in [0.5, 0.6) is 0 Å². The standard InChI is InChI=1S/C7H10ClNO3/c1-5-2-3-6(8)7(4-5)12-9(10)11/h6-7H,1-4H2. The minimum absolute atomic E-state index is 0.263. The largest absolute Gasteiger partial charge is 0.309 e. The van der Waals surface area contributed by atoms with Crippen LogP contribution >= 0.6 is 11.6 Å². The molecule has 0 heterocycles. The van der Waals surface area contributed by atoms with Gasteiger partial charge in [-0.2, -0.15) is 0 Å². The van der Waals surface area contributed by atoms with Crippen molar-refractivity contribution >= 4 is 11.6 Å². The summed E-state index contributed by atoms with van der Waals surface area (Å²) in [5, 5.41) is 8.96. The van der Waals surface area contributed by atoms with Gasteiger partial charge in [-0.25, -0.2) is 0 Å². The summed E-state index contributed by atoms with van der Waals surface area (Å²) in [6, 6.07) is 0. The highest BCUT2D eigenvalue weighted by Gasteiger charge is 2.27. The molecule has 0 saturated heterocycles. The molecule has 1 aliphatic rings. The van der Waals surface area contributed by atoms with Crippen LogP contribution in [0.25, 0.3) is 0 Å². The summed E-state index contributed by atoms with van der Waals surface area (Å²) in [6.07, 6.45) is 1.53. The molecule has 0 bridgehead atoms. The Morgan fingerprint density at radius 1 is 1.75 bits per heavy atom. The van der Waals surface area contributed by atoms with E-state index < -0.39 is 11.2 Å². The van der Waals surface area contributed by atoms with Crippen LogP contribution in [0.3, 0.4) is 0 Å².